The van der Waals surface area contributed by atoms with Crippen LogP contribution < -0.4 is 10.1 Å². The van der Waals surface area contributed by atoms with Gasteiger partial charge in [0.1, 0.15) is 5.75 Å². The van der Waals surface area contributed by atoms with Crippen molar-refractivity contribution in [3.05, 3.63) is 30.2 Å². The van der Waals surface area contributed by atoms with Crippen LogP contribution in [0.3, 0.4) is 0 Å². The van der Waals surface area contributed by atoms with Gasteiger partial charge in [-0.2, -0.15) is 4.98 Å². The number of nitrogens with one attached hydrogen (secondary N) is 1. The van der Waals surface area contributed by atoms with Gasteiger partial charge in [0.15, 0.2) is 0 Å². The van der Waals surface area contributed by atoms with Crippen LogP contribution in [0.2, 0.25) is 0 Å². The normalized spacial score (nSPS) is 12.2. The second-order valence-corrected chi connectivity index (χ2v) is 5.17. The smallest absolute Gasteiger partial charge is 0.316 e. The average Bonchev–Trinajstić information content (AvgIpc) is 2.94. The van der Waals surface area contributed by atoms with Crippen molar-refractivity contribution in [1.29, 1.82) is 0 Å². The van der Waals surface area contributed by atoms with Crippen LogP contribution >= 0.6 is 0 Å². The molecule has 118 valence electrons. The van der Waals surface area contributed by atoms with Crippen molar-refractivity contribution in [2.75, 3.05) is 6.54 Å². The van der Waals surface area contributed by atoms with Crippen LogP contribution in [0.1, 0.15) is 31.5 Å². The van der Waals surface area contributed by atoms with E-state index in [9.17, 15) is 4.79 Å². The van der Waals surface area contributed by atoms with Crippen LogP contribution in [-0.2, 0) is 0 Å². The van der Waals surface area contributed by atoms with E-state index in [0.717, 1.165) is 11.3 Å². The Hall–Kier alpha value is -2.41. The molecular weight excluding hydrogens is 286 g/mol. The molecule has 1 aromatic carbocycles. The number of hydrogen-bond acceptors (Lipinski definition) is 6. The molecule has 0 aliphatic heterocycles. The van der Waals surface area contributed by atoms with Gasteiger partial charge in [-0.25, -0.2) is 0 Å². The summed E-state index contributed by atoms with van der Waals surface area (Å²) in [7, 11) is 0. The fourth-order valence-corrected chi connectivity index (χ4v) is 1.70. The van der Waals surface area contributed by atoms with Crippen molar-refractivity contribution in [2.24, 2.45) is 0 Å². The third-order valence-corrected chi connectivity index (χ3v) is 2.66. The lowest BCUT2D eigenvalue weighted by Gasteiger charge is -2.09. The first kappa shape index (κ1) is 16.0. The van der Waals surface area contributed by atoms with E-state index in [2.05, 4.69) is 15.5 Å². The Labute approximate surface area is 128 Å². The van der Waals surface area contributed by atoms with Crippen molar-refractivity contribution >= 4 is 5.91 Å². The van der Waals surface area contributed by atoms with Gasteiger partial charge in [0, 0.05) is 12.1 Å². The Morgan fingerprint density at radius 3 is 2.59 bits per heavy atom. The largest absolute Gasteiger partial charge is 0.491 e. The minimum absolute atomic E-state index is 0.0974. The predicted molar refractivity (Wildman–Crippen MR) is 79.5 cm³/mol. The van der Waals surface area contributed by atoms with Crippen LogP contribution in [0.15, 0.2) is 28.8 Å². The molecule has 2 aromatic rings. The molecule has 1 atom stereocenters. The minimum atomic E-state index is -0.639. The summed E-state index contributed by atoms with van der Waals surface area (Å²) in [6.45, 7) is 5.59. The first-order chi connectivity index (χ1) is 10.5. The highest BCUT2D eigenvalue weighted by atomic mass is 16.5. The number of amides is 1. The number of aliphatic hydroxyl groups excluding tert-OH is 1. The zero-order chi connectivity index (χ0) is 16.1. The van der Waals surface area contributed by atoms with Gasteiger partial charge >= 0.3 is 11.8 Å². The summed E-state index contributed by atoms with van der Waals surface area (Å²) < 4.78 is 10.5. The first-order valence-corrected chi connectivity index (χ1v) is 7.02. The number of carbonyl (C=O) groups is 1. The summed E-state index contributed by atoms with van der Waals surface area (Å²) in [4.78, 5) is 15.8. The number of aromatic nitrogens is 2. The Bertz CT molecular complexity index is 620. The maximum Gasteiger partial charge on any atom is 0.316 e. The Balaban J connectivity index is 2.06. The molecule has 0 saturated carbocycles. The fraction of sp³-hybridized carbons (Fsp3) is 0.400. The number of hydrogen-bond donors (Lipinski definition) is 2. The second kappa shape index (κ2) is 7.04. The Morgan fingerprint density at radius 1 is 1.32 bits per heavy atom. The summed E-state index contributed by atoms with van der Waals surface area (Å²) >= 11 is 0. The van der Waals surface area contributed by atoms with E-state index < -0.39 is 12.0 Å². The highest BCUT2D eigenvalue weighted by molar-refractivity contribution is 5.89. The molecule has 2 N–H and O–H groups in total. The molecule has 7 nitrogen and oxygen atoms in total. The molecule has 1 aromatic heterocycles. The van der Waals surface area contributed by atoms with Gasteiger partial charge in [-0.1, -0.05) is 5.16 Å². The van der Waals surface area contributed by atoms with Crippen LogP contribution in [0.4, 0.5) is 0 Å². The number of nitrogens with zero attached hydrogens (tertiary/aromatic N) is 2. The van der Waals surface area contributed by atoms with Gasteiger partial charge in [-0.15, -0.1) is 0 Å². The van der Waals surface area contributed by atoms with Crippen molar-refractivity contribution in [1.82, 2.24) is 15.5 Å². The van der Waals surface area contributed by atoms with Crippen molar-refractivity contribution in [2.45, 2.75) is 33.0 Å². The van der Waals surface area contributed by atoms with Crippen LogP contribution in [-0.4, -0.2) is 39.9 Å². The van der Waals surface area contributed by atoms with E-state index in [0.29, 0.717) is 5.82 Å². The van der Waals surface area contributed by atoms with E-state index in [-0.39, 0.29) is 18.5 Å². The van der Waals surface area contributed by atoms with Gasteiger partial charge < -0.3 is 19.7 Å². The summed E-state index contributed by atoms with van der Waals surface area (Å²) in [6, 6.07) is 7.19. The maximum absolute atomic E-state index is 11.7. The summed E-state index contributed by atoms with van der Waals surface area (Å²) in [5.41, 5.74) is 0.717. The molecule has 0 fully saturated rings. The topological polar surface area (TPSA) is 97.5 Å². The SMILES string of the molecule is CC(C)Oc1ccc(-c2noc(C(=O)NC[C@@H](C)O)n2)cc1. The molecule has 0 radical (unpaired) electrons. The molecule has 0 spiro atoms. The third-order valence-electron chi connectivity index (χ3n) is 2.66. The van der Waals surface area contributed by atoms with Gasteiger partial charge in [0.05, 0.1) is 12.2 Å². The van der Waals surface area contributed by atoms with Crippen molar-refractivity contribution in [3.63, 3.8) is 0 Å². The molecule has 0 unspecified atom stereocenters. The first-order valence-electron chi connectivity index (χ1n) is 7.02. The zero-order valence-electron chi connectivity index (χ0n) is 12.7. The number of ether oxygens (including phenoxy) is 1. The molecule has 0 aliphatic rings. The molecule has 7 heteroatoms. The van der Waals surface area contributed by atoms with E-state index in [1.54, 1.807) is 31.2 Å². The lowest BCUT2D eigenvalue weighted by Crippen LogP contribution is -2.30. The van der Waals surface area contributed by atoms with Gasteiger partial charge in [-0.3, -0.25) is 4.79 Å². The van der Waals surface area contributed by atoms with Gasteiger partial charge in [0.25, 0.3) is 0 Å². The zero-order valence-corrected chi connectivity index (χ0v) is 12.7. The quantitative estimate of drug-likeness (QED) is 0.842. The average molecular weight is 305 g/mol. The van der Waals surface area contributed by atoms with E-state index in [4.69, 9.17) is 14.4 Å². The van der Waals surface area contributed by atoms with Crippen molar-refractivity contribution in [3.8, 4) is 17.1 Å². The summed E-state index contributed by atoms with van der Waals surface area (Å²) in [5.74, 6) is 0.410. The molecule has 0 saturated heterocycles. The van der Waals surface area contributed by atoms with E-state index in [1.807, 2.05) is 13.8 Å². The van der Waals surface area contributed by atoms with Gasteiger partial charge in [-0.05, 0) is 45.0 Å². The van der Waals surface area contributed by atoms with Crippen LogP contribution in [0.25, 0.3) is 11.4 Å². The fourth-order valence-electron chi connectivity index (χ4n) is 1.70. The molecule has 1 amide bonds. The predicted octanol–water partition coefficient (Wildman–Crippen LogP) is 1.63. The molecule has 0 aliphatic carbocycles. The second-order valence-electron chi connectivity index (χ2n) is 5.17. The number of aliphatic hydroxyl groups is 1. The van der Waals surface area contributed by atoms with E-state index >= 15 is 0 Å². The van der Waals surface area contributed by atoms with Crippen LogP contribution in [0.5, 0.6) is 5.75 Å². The minimum Gasteiger partial charge on any atom is -0.491 e. The van der Waals surface area contributed by atoms with Crippen molar-refractivity contribution < 1.29 is 19.2 Å². The molecule has 0 bridgehead atoms. The molecule has 2 rings (SSSR count). The van der Waals surface area contributed by atoms with Gasteiger partial charge in [0.2, 0.25) is 5.82 Å². The standard InChI is InChI=1S/C15H19N3O4/c1-9(2)21-12-6-4-11(5-7-12)13-17-15(22-18-13)14(20)16-8-10(3)19/h4-7,9-10,19H,8H2,1-3H3,(H,16,20)/t10-/m1/s1. The summed E-state index contributed by atoms with van der Waals surface area (Å²) in [5, 5.41) is 15.4. The third kappa shape index (κ3) is 4.29. The lowest BCUT2D eigenvalue weighted by atomic mass is 10.2. The van der Waals surface area contributed by atoms with E-state index in [1.165, 1.54) is 0 Å². The number of benzene rings is 1. The highest BCUT2D eigenvalue weighted by Crippen LogP contribution is 2.20. The maximum atomic E-state index is 11.7. The Morgan fingerprint density at radius 2 is 2.00 bits per heavy atom. The number of rotatable bonds is 6. The number of carbonyl (C=O) groups excluding carboxylic acids is 1. The lowest BCUT2D eigenvalue weighted by molar-refractivity contribution is 0.0880. The summed E-state index contributed by atoms with van der Waals surface area (Å²) in [6.07, 6.45) is -0.542. The van der Waals surface area contributed by atoms with Crippen LogP contribution in [0, 0.1) is 0 Å². The molecule has 22 heavy (non-hydrogen) atoms. The molecule has 1 heterocycles. The highest BCUT2D eigenvalue weighted by Gasteiger charge is 2.16. The monoisotopic (exact) mass is 305 g/mol. The Kier molecular flexibility index (Phi) is 5.11. The molecular formula is C15H19N3O4.